The van der Waals surface area contributed by atoms with Gasteiger partial charge in [-0.25, -0.2) is 5.84 Å². The summed E-state index contributed by atoms with van der Waals surface area (Å²) in [6.45, 7) is 14.7. The van der Waals surface area contributed by atoms with Crippen LogP contribution in [-0.4, -0.2) is 87.8 Å². The molecular formula is C30H57ClN8O2. The Morgan fingerprint density at radius 3 is 2.32 bits per heavy atom. The molecule has 1 aliphatic heterocycles. The van der Waals surface area contributed by atoms with Gasteiger partial charge in [-0.3, -0.25) is 15.1 Å². The van der Waals surface area contributed by atoms with Crippen molar-refractivity contribution < 1.29 is 9.59 Å². The molecule has 1 aliphatic carbocycles. The quantitative estimate of drug-likeness (QED) is 0.0792. The van der Waals surface area contributed by atoms with Gasteiger partial charge >= 0.3 is 0 Å². The zero-order valence-electron chi connectivity index (χ0n) is 25.8. The second kappa shape index (κ2) is 24.5. The van der Waals surface area contributed by atoms with Crippen molar-refractivity contribution in [1.82, 2.24) is 25.9 Å². The fraction of sp³-hybridized carbons (Fsp3) is 0.700. The molecule has 0 aromatic heterocycles. The summed E-state index contributed by atoms with van der Waals surface area (Å²) in [5.74, 6) is 6.54. The number of halogens is 1. The Kier molecular flexibility index (Phi) is 23.3. The zero-order chi connectivity index (χ0) is 31.0. The smallest absolute Gasteiger partial charge is 0.224 e. The van der Waals surface area contributed by atoms with E-state index in [1.54, 1.807) is 5.01 Å². The minimum absolute atomic E-state index is 0.000623. The predicted molar refractivity (Wildman–Crippen MR) is 172 cm³/mol. The molecule has 4 unspecified atom stereocenters. The molecule has 3 rings (SSSR count). The number of benzene rings is 1. The van der Waals surface area contributed by atoms with Crippen LogP contribution in [0.5, 0.6) is 0 Å². The minimum Gasteiger partial charge on any atom is -0.349 e. The molecule has 1 saturated heterocycles. The third kappa shape index (κ3) is 16.2. The van der Waals surface area contributed by atoms with Gasteiger partial charge in [-0.05, 0) is 63.4 Å². The maximum Gasteiger partial charge on any atom is 0.224 e. The molecule has 10 nitrogen and oxygen atoms in total. The van der Waals surface area contributed by atoms with E-state index in [0.717, 1.165) is 51.3 Å². The van der Waals surface area contributed by atoms with Crippen molar-refractivity contribution in [3.63, 3.8) is 0 Å². The van der Waals surface area contributed by atoms with Gasteiger partial charge in [0.1, 0.15) is 6.79 Å². The lowest BCUT2D eigenvalue weighted by molar-refractivity contribution is -0.125. The second-order valence-electron chi connectivity index (χ2n) is 10.4. The largest absolute Gasteiger partial charge is 0.349 e. The van der Waals surface area contributed by atoms with E-state index in [1.807, 2.05) is 58.9 Å². The first-order chi connectivity index (χ1) is 19.8. The summed E-state index contributed by atoms with van der Waals surface area (Å²) in [4.78, 5) is 22.7. The average Bonchev–Trinajstić information content (AvgIpc) is 3.23. The third-order valence-corrected chi connectivity index (χ3v) is 7.65. The molecule has 1 aromatic carbocycles. The zero-order valence-corrected chi connectivity index (χ0v) is 26.6. The van der Waals surface area contributed by atoms with Crippen molar-refractivity contribution in [1.29, 1.82) is 5.41 Å². The Labute approximate surface area is 253 Å². The molecule has 0 bridgehead atoms. The summed E-state index contributed by atoms with van der Waals surface area (Å²) in [7, 11) is 1.86. The molecule has 2 fully saturated rings. The van der Waals surface area contributed by atoms with Crippen molar-refractivity contribution in [3.8, 4) is 0 Å². The molecule has 4 atom stereocenters. The van der Waals surface area contributed by atoms with Crippen LogP contribution >= 0.6 is 11.6 Å². The number of rotatable bonds is 10. The van der Waals surface area contributed by atoms with E-state index >= 15 is 0 Å². The van der Waals surface area contributed by atoms with Crippen LogP contribution in [-0.2, 0) is 9.59 Å². The molecule has 41 heavy (non-hydrogen) atoms. The molecule has 1 amide bonds. The molecule has 0 radical (unpaired) electrons. The fourth-order valence-corrected chi connectivity index (χ4v) is 5.36. The average molecular weight is 597 g/mol. The summed E-state index contributed by atoms with van der Waals surface area (Å²) in [5, 5.41) is 19.0. The van der Waals surface area contributed by atoms with Crippen LogP contribution in [0.25, 0.3) is 0 Å². The van der Waals surface area contributed by atoms with Gasteiger partial charge in [0.2, 0.25) is 5.91 Å². The number of nitrogens with two attached hydrogens (primary N) is 2. The van der Waals surface area contributed by atoms with Crippen molar-refractivity contribution in [2.45, 2.75) is 71.4 Å². The third-order valence-electron chi connectivity index (χ3n) is 7.39. The van der Waals surface area contributed by atoms with E-state index in [0.29, 0.717) is 23.5 Å². The highest BCUT2D eigenvalue weighted by Gasteiger charge is 2.30. The number of nitrogens with one attached hydrogen (secondary N) is 4. The number of hydrazine groups is 1. The van der Waals surface area contributed by atoms with E-state index in [9.17, 15) is 4.79 Å². The highest BCUT2D eigenvalue weighted by molar-refractivity contribution is 6.30. The van der Waals surface area contributed by atoms with Gasteiger partial charge in [0.05, 0.1) is 18.3 Å². The van der Waals surface area contributed by atoms with Crippen molar-refractivity contribution >= 4 is 30.6 Å². The van der Waals surface area contributed by atoms with Crippen molar-refractivity contribution in [2.24, 2.45) is 23.4 Å². The highest BCUT2D eigenvalue weighted by atomic mass is 35.5. The topological polar surface area (TPSA) is 153 Å². The van der Waals surface area contributed by atoms with Gasteiger partial charge in [-0.2, -0.15) is 0 Å². The maximum absolute atomic E-state index is 12.0. The number of hydrogen-bond acceptors (Lipinski definition) is 8. The first-order valence-electron chi connectivity index (χ1n) is 15.0. The molecule has 8 N–H and O–H groups in total. The second-order valence-corrected chi connectivity index (χ2v) is 10.9. The number of carbonyl (C=O) groups is 2. The maximum atomic E-state index is 12.0. The molecular weight excluding hydrogens is 540 g/mol. The Bertz CT molecular complexity index is 795. The summed E-state index contributed by atoms with van der Waals surface area (Å²) >= 11 is 5.84. The first-order valence-corrected chi connectivity index (χ1v) is 15.3. The number of piperazine rings is 1. The molecule has 1 aromatic rings. The molecule has 11 heteroatoms. The van der Waals surface area contributed by atoms with Crippen LogP contribution in [0, 0.1) is 17.2 Å². The predicted octanol–water partition coefficient (Wildman–Crippen LogP) is 3.17. The van der Waals surface area contributed by atoms with Crippen LogP contribution in [0.1, 0.15) is 70.9 Å². The lowest BCUT2D eigenvalue weighted by Gasteiger charge is -2.39. The Balaban J connectivity index is 0.000000675. The Morgan fingerprint density at radius 2 is 1.78 bits per heavy atom. The van der Waals surface area contributed by atoms with Crippen LogP contribution in [0.3, 0.4) is 0 Å². The van der Waals surface area contributed by atoms with E-state index in [2.05, 4.69) is 20.9 Å². The lowest BCUT2D eigenvalue weighted by atomic mass is 9.92. The van der Waals surface area contributed by atoms with Gasteiger partial charge in [-0.15, -0.1) is 0 Å². The van der Waals surface area contributed by atoms with Crippen molar-refractivity contribution in [2.75, 3.05) is 52.9 Å². The SMILES string of the molecule is C=O.CCC(CNC)C(=O)NC(C)c1ccc(Cl)cc1.CCN.N=CN(N)CC1CCCCCC1N1CCNCC1. The summed E-state index contributed by atoms with van der Waals surface area (Å²) in [5.41, 5.74) is 5.91. The summed E-state index contributed by atoms with van der Waals surface area (Å²) < 4.78 is 0. The molecule has 236 valence electrons. The van der Waals surface area contributed by atoms with Crippen molar-refractivity contribution in [3.05, 3.63) is 34.9 Å². The molecule has 2 aliphatic rings. The number of nitrogens with zero attached hydrogens (tertiary/aromatic N) is 2. The normalized spacial score (nSPS) is 20.2. The molecule has 1 heterocycles. The number of carbonyl (C=O) groups excluding carboxylic acids is 2. The number of amides is 1. The minimum atomic E-state index is 0.000623. The van der Waals surface area contributed by atoms with Crippen LogP contribution in [0.2, 0.25) is 5.02 Å². The van der Waals surface area contributed by atoms with E-state index in [-0.39, 0.29) is 17.9 Å². The van der Waals surface area contributed by atoms with Crippen LogP contribution in [0.15, 0.2) is 24.3 Å². The molecule has 0 spiro atoms. The highest BCUT2D eigenvalue weighted by Crippen LogP contribution is 2.28. The van der Waals surface area contributed by atoms with E-state index < -0.39 is 0 Å². The molecule has 1 saturated carbocycles. The van der Waals surface area contributed by atoms with Gasteiger partial charge in [0.15, 0.2) is 0 Å². The van der Waals surface area contributed by atoms with Gasteiger partial charge < -0.3 is 31.5 Å². The van der Waals surface area contributed by atoms with E-state index in [1.165, 1.54) is 38.4 Å². The van der Waals surface area contributed by atoms with Gasteiger partial charge in [-0.1, -0.05) is 56.8 Å². The van der Waals surface area contributed by atoms with Crippen LogP contribution in [0.4, 0.5) is 0 Å². The Morgan fingerprint density at radius 1 is 1.20 bits per heavy atom. The summed E-state index contributed by atoms with van der Waals surface area (Å²) in [6.07, 6.45) is 8.67. The standard InChI is InChI=1S/C14H21ClN2O.C13H27N5.C2H7N.CH2O/c1-4-11(9-16-3)14(18)17-10(2)12-5-7-13(15)8-6-12;14-11-18(15)10-12-4-2-1-3-5-13(12)17-8-6-16-7-9-17;1-2-3;1-2/h5-8,10-11,16H,4,9H2,1-3H3,(H,17,18);11-14,16H,1-10,15H2;2-3H2,1H3;1H2. The van der Waals surface area contributed by atoms with Crippen LogP contribution < -0.4 is 27.5 Å². The number of hydrogen-bond donors (Lipinski definition) is 6. The van der Waals surface area contributed by atoms with Gasteiger partial charge in [0, 0.05) is 50.3 Å². The first kappa shape index (κ1) is 38.9. The fourth-order valence-electron chi connectivity index (χ4n) is 5.23. The van der Waals surface area contributed by atoms with Gasteiger partial charge in [0.25, 0.3) is 0 Å². The Hall–Kier alpha value is -2.08. The lowest BCUT2D eigenvalue weighted by Crippen LogP contribution is -2.52. The summed E-state index contributed by atoms with van der Waals surface area (Å²) in [6, 6.07) is 8.22. The monoisotopic (exact) mass is 596 g/mol. The van der Waals surface area contributed by atoms with E-state index in [4.69, 9.17) is 33.4 Å².